The van der Waals surface area contributed by atoms with E-state index in [-0.39, 0.29) is 31.5 Å². The number of allylic oxidation sites excluding steroid dienone is 10. The lowest BCUT2D eigenvalue weighted by Gasteiger charge is -2.21. The average molecular weight is 1070 g/mol. The van der Waals surface area contributed by atoms with Crippen molar-refractivity contribution in [2.75, 3.05) is 25.6 Å². The molecular formula is C50H81N3O18P2. The molecule has 0 radical (unpaired) electrons. The van der Waals surface area contributed by atoms with Crippen molar-refractivity contribution in [3.05, 3.63) is 95.7 Å². The number of phosphoric ester groups is 2. The molecule has 1 fully saturated rings. The van der Waals surface area contributed by atoms with E-state index in [9.17, 15) is 58.8 Å². The van der Waals surface area contributed by atoms with E-state index in [1.807, 2.05) is 0 Å². The maximum absolute atomic E-state index is 12.9. The molecule has 21 nitrogen and oxygen atoms in total. The lowest BCUT2D eigenvalue weighted by atomic mass is 10.1. The first-order valence-electron chi connectivity index (χ1n) is 25.3. The van der Waals surface area contributed by atoms with Crippen LogP contribution in [0.2, 0.25) is 0 Å². The van der Waals surface area contributed by atoms with Gasteiger partial charge in [0.1, 0.15) is 30.7 Å². The third-order valence-corrected chi connectivity index (χ3v) is 13.8. The molecule has 1 aliphatic rings. The molecule has 414 valence electrons. The summed E-state index contributed by atoms with van der Waals surface area (Å²) in [7, 11) is -11.0. The lowest BCUT2D eigenvalue weighted by Crippen LogP contribution is -2.36. The highest BCUT2D eigenvalue weighted by Gasteiger charge is 2.46. The van der Waals surface area contributed by atoms with E-state index in [0.717, 1.165) is 68.6 Å². The van der Waals surface area contributed by atoms with Crippen molar-refractivity contribution in [1.29, 1.82) is 0 Å². The van der Waals surface area contributed by atoms with Crippen molar-refractivity contribution in [2.45, 2.75) is 185 Å². The Hall–Kier alpha value is -3.92. The van der Waals surface area contributed by atoms with Crippen molar-refractivity contribution in [3.63, 3.8) is 0 Å². The van der Waals surface area contributed by atoms with Gasteiger partial charge in [-0.05, 0) is 57.4 Å². The van der Waals surface area contributed by atoms with Crippen LogP contribution in [0.5, 0.6) is 0 Å². The molecule has 0 aliphatic carbocycles. The number of nitrogen functional groups attached to an aromatic ring is 1. The van der Waals surface area contributed by atoms with E-state index in [2.05, 4.69) is 47.4 Å². The van der Waals surface area contributed by atoms with Crippen molar-refractivity contribution >= 4 is 33.4 Å². The van der Waals surface area contributed by atoms with Crippen LogP contribution in [0.3, 0.4) is 0 Å². The first kappa shape index (κ1) is 65.2. The Morgan fingerprint density at radius 3 is 2.00 bits per heavy atom. The fourth-order valence-electron chi connectivity index (χ4n) is 7.04. The molecular weight excluding hydrogens is 993 g/mol. The first-order chi connectivity index (χ1) is 34.9. The molecule has 0 amide bonds. The summed E-state index contributed by atoms with van der Waals surface area (Å²) in [5, 5.41) is 51.7. The molecule has 1 aliphatic heterocycles. The standard InChI is InChI=1S/C50H81N3O18P2/c1-3-5-7-8-9-10-11-12-13-14-15-16-17-22-26-32-45(57)66-36-40(69-46(58)33-27-31-42(56)41(55)30-25-21-19-18-20-24-29-39(54)28-23-6-4-2)37-67-72(62,63)71-73(64,65)68-38-43-47(59)48(60)49(70-43)53-35-34-44(51)52-50(53)61/h10-13,18-21,24-25,29-30,34-35,39-43,47-49,54-56,59-60H,3-9,14-17,22-23,26-28,31-33,36-38H2,1-2H3,(H,62,63)(H,64,65)(H2,51,52,61)/b11-10-,13-12-,20-18-,21-19+,29-24+,30-25+/t39-,40+,41-,42-,43+,47+,48+,49+/m0/s1. The molecule has 10 atom stereocenters. The smallest absolute Gasteiger partial charge is 0.462 e. The molecule has 2 rings (SSSR count). The van der Waals surface area contributed by atoms with Crippen LogP contribution < -0.4 is 11.4 Å². The lowest BCUT2D eigenvalue weighted by molar-refractivity contribution is -0.161. The monoisotopic (exact) mass is 1070 g/mol. The minimum Gasteiger partial charge on any atom is -0.462 e. The van der Waals surface area contributed by atoms with Gasteiger partial charge >= 0.3 is 33.3 Å². The number of unbranched alkanes of at least 4 members (excludes halogenated alkanes) is 11. The Morgan fingerprint density at radius 2 is 1.33 bits per heavy atom. The Kier molecular flexibility index (Phi) is 33.7. The van der Waals surface area contributed by atoms with Gasteiger partial charge in [-0.1, -0.05) is 145 Å². The summed E-state index contributed by atoms with van der Waals surface area (Å²) in [6, 6.07) is 1.22. The first-order valence-corrected chi connectivity index (χ1v) is 28.3. The zero-order valence-corrected chi connectivity index (χ0v) is 44.0. The normalized spacial score (nSPS) is 20.9. The number of anilines is 1. The summed E-state index contributed by atoms with van der Waals surface area (Å²) in [4.78, 5) is 61.9. The van der Waals surface area contributed by atoms with Crippen LogP contribution >= 0.6 is 15.6 Å². The maximum atomic E-state index is 12.9. The third-order valence-electron chi connectivity index (χ3n) is 11.2. The number of esters is 2. The van der Waals surface area contributed by atoms with Crippen LogP contribution in [0, 0.1) is 0 Å². The molecule has 1 aromatic rings. The summed E-state index contributed by atoms with van der Waals surface area (Å²) in [5.74, 6) is -1.67. The molecule has 2 heterocycles. The second-order valence-electron chi connectivity index (χ2n) is 17.6. The van der Waals surface area contributed by atoms with E-state index in [1.54, 1.807) is 36.5 Å². The van der Waals surface area contributed by atoms with Gasteiger partial charge in [-0.25, -0.2) is 13.9 Å². The zero-order chi connectivity index (χ0) is 53.9. The summed E-state index contributed by atoms with van der Waals surface area (Å²) in [6.45, 7) is 1.67. The van der Waals surface area contributed by atoms with Crippen molar-refractivity contribution < 1.29 is 81.6 Å². The Balaban J connectivity index is 1.91. The van der Waals surface area contributed by atoms with Crippen molar-refractivity contribution in [3.8, 4) is 0 Å². The summed E-state index contributed by atoms with van der Waals surface area (Å²) >= 11 is 0. The van der Waals surface area contributed by atoms with E-state index in [1.165, 1.54) is 43.9 Å². The van der Waals surface area contributed by atoms with Gasteiger partial charge in [-0.15, -0.1) is 0 Å². The van der Waals surface area contributed by atoms with Crippen molar-refractivity contribution in [2.24, 2.45) is 0 Å². The number of carbonyl (C=O) groups is 2. The average Bonchev–Trinajstić information content (AvgIpc) is 3.62. The number of ether oxygens (including phenoxy) is 3. The van der Waals surface area contributed by atoms with Gasteiger partial charge in [0.25, 0.3) is 0 Å². The number of hydrogen-bond donors (Lipinski definition) is 8. The fraction of sp³-hybridized carbons (Fsp3) is 0.640. The predicted octanol–water partition coefficient (Wildman–Crippen LogP) is 7.02. The highest BCUT2D eigenvalue weighted by molar-refractivity contribution is 7.61. The van der Waals surface area contributed by atoms with E-state index >= 15 is 0 Å². The summed E-state index contributed by atoms with van der Waals surface area (Å²) in [6.07, 6.45) is 26.2. The summed E-state index contributed by atoms with van der Waals surface area (Å²) in [5.41, 5.74) is 4.55. The Labute approximate surface area is 429 Å². The molecule has 23 heteroatoms. The number of nitrogens with zero attached hydrogens (tertiary/aromatic N) is 2. The molecule has 0 spiro atoms. The van der Waals surface area contributed by atoms with Crippen molar-refractivity contribution in [1.82, 2.24) is 9.55 Å². The van der Waals surface area contributed by atoms with E-state index < -0.39 is 102 Å². The second kappa shape index (κ2) is 37.8. The van der Waals surface area contributed by atoms with Crippen LogP contribution in [0.15, 0.2) is 90.0 Å². The van der Waals surface area contributed by atoms with Gasteiger partial charge in [-0.3, -0.25) is 23.2 Å². The highest BCUT2D eigenvalue weighted by atomic mass is 31.3. The molecule has 1 saturated heterocycles. The van der Waals surface area contributed by atoms with Gasteiger partial charge in [0.15, 0.2) is 12.3 Å². The van der Waals surface area contributed by atoms with Crippen LogP contribution in [-0.2, 0) is 46.3 Å². The number of aromatic nitrogens is 2. The largest absolute Gasteiger partial charge is 0.481 e. The number of aliphatic hydroxyl groups excluding tert-OH is 5. The van der Waals surface area contributed by atoms with Gasteiger partial charge in [-0.2, -0.15) is 9.29 Å². The minimum absolute atomic E-state index is 0.0252. The maximum Gasteiger partial charge on any atom is 0.481 e. The number of hydrogen-bond acceptors (Lipinski definition) is 18. The van der Waals surface area contributed by atoms with Gasteiger partial charge in [0, 0.05) is 19.0 Å². The van der Waals surface area contributed by atoms with E-state index in [4.69, 9.17) is 29.0 Å². The van der Waals surface area contributed by atoms with Gasteiger partial charge in [0.2, 0.25) is 0 Å². The topological polar surface area (TPSA) is 326 Å². The van der Waals surface area contributed by atoms with Crippen LogP contribution in [0.4, 0.5) is 5.82 Å². The quantitative estimate of drug-likeness (QED) is 0.0142. The SMILES string of the molecule is CCCCCC/C=C\C=C/CCCCCCCC(=O)OC[C@H](COP(=O)(O)OP(=O)(O)OC[C@H]1O[C@@H](n2ccc(N)nc2=O)[C@H](O)[C@@H]1O)OC(=O)CCC[C@H](O)[C@@H](O)/C=C/C=C/C=C\C=C\[C@@H](O)CCCCC. The third kappa shape index (κ3) is 30.3. The van der Waals surface area contributed by atoms with Crippen LogP contribution in [-0.4, -0.2) is 119 Å². The molecule has 2 unspecified atom stereocenters. The second-order valence-corrected chi connectivity index (χ2v) is 20.6. The molecule has 0 aromatic carbocycles. The Morgan fingerprint density at radius 1 is 0.740 bits per heavy atom. The molecule has 0 bridgehead atoms. The number of rotatable bonds is 40. The molecule has 0 saturated carbocycles. The van der Waals surface area contributed by atoms with Crippen LogP contribution in [0.25, 0.3) is 0 Å². The molecule has 1 aromatic heterocycles. The zero-order valence-electron chi connectivity index (χ0n) is 42.2. The molecule has 73 heavy (non-hydrogen) atoms. The fourth-order valence-corrected chi connectivity index (χ4v) is 9.15. The highest BCUT2D eigenvalue weighted by Crippen LogP contribution is 2.60. The van der Waals surface area contributed by atoms with E-state index in [0.29, 0.717) is 12.8 Å². The number of aliphatic hydroxyl groups is 5. The number of carbonyl (C=O) groups excluding carboxylic acids is 2. The number of phosphoric acid groups is 2. The van der Waals surface area contributed by atoms with Gasteiger partial charge < -0.3 is 55.3 Å². The number of nitrogens with two attached hydrogens (primary N) is 1. The molecule has 9 N–H and O–H groups in total. The van der Waals surface area contributed by atoms with Crippen LogP contribution in [0.1, 0.15) is 142 Å². The van der Waals surface area contributed by atoms with Gasteiger partial charge in [0.05, 0.1) is 31.5 Å². The predicted molar refractivity (Wildman–Crippen MR) is 274 cm³/mol. The summed E-state index contributed by atoms with van der Waals surface area (Å²) < 4.78 is 56.4. The minimum atomic E-state index is -5.52. The Bertz CT molecular complexity index is 2060.